The lowest BCUT2D eigenvalue weighted by Crippen LogP contribution is -2.31. The smallest absolute Gasteiger partial charge is 0.326 e. The number of carbonyl (C=O) groups is 1. The number of aliphatic carboxylic acids is 1. The summed E-state index contributed by atoms with van der Waals surface area (Å²) in [5.74, 6) is -0.739. The van der Waals surface area contributed by atoms with E-state index >= 15 is 0 Å². The summed E-state index contributed by atoms with van der Waals surface area (Å²) in [6.07, 6.45) is 3.32. The number of carboxylic acid groups (broad SMARTS) is 1. The van der Waals surface area contributed by atoms with Gasteiger partial charge in [-0.25, -0.2) is 4.79 Å². The predicted octanol–water partition coefficient (Wildman–Crippen LogP) is 0.679. The van der Waals surface area contributed by atoms with Gasteiger partial charge in [0.25, 0.3) is 0 Å². The molecule has 0 radical (unpaired) electrons. The zero-order valence-corrected chi connectivity index (χ0v) is 5.79. The van der Waals surface area contributed by atoms with E-state index in [1.807, 2.05) is 0 Å². The maximum absolute atomic E-state index is 10.5. The van der Waals surface area contributed by atoms with Crippen molar-refractivity contribution in [2.75, 3.05) is 6.54 Å². The Hall–Kier alpha value is -0.990. The van der Waals surface area contributed by atoms with Crippen LogP contribution in [0.1, 0.15) is 12.8 Å². The minimum atomic E-state index is -0.739. The minimum Gasteiger partial charge on any atom is -0.480 e. The number of carboxylic acids is 1. The van der Waals surface area contributed by atoms with Gasteiger partial charge in [0.15, 0.2) is 0 Å². The summed E-state index contributed by atoms with van der Waals surface area (Å²) >= 11 is 0. The third kappa shape index (κ3) is 1.12. The van der Waals surface area contributed by atoms with Crippen molar-refractivity contribution >= 4 is 5.97 Å². The van der Waals surface area contributed by atoms with E-state index in [-0.39, 0.29) is 6.04 Å². The third-order valence-electron chi connectivity index (χ3n) is 1.81. The quantitative estimate of drug-likeness (QED) is 0.614. The molecule has 1 atom stereocenters. The van der Waals surface area contributed by atoms with Crippen molar-refractivity contribution in [1.29, 1.82) is 0 Å². The van der Waals surface area contributed by atoms with Crippen molar-refractivity contribution in [1.82, 2.24) is 4.90 Å². The summed E-state index contributed by atoms with van der Waals surface area (Å²) in [5.41, 5.74) is 0. The molecule has 3 nitrogen and oxygen atoms in total. The molecular weight excluding hydrogens is 130 g/mol. The summed E-state index contributed by atoms with van der Waals surface area (Å²) in [7, 11) is 0. The second kappa shape index (κ2) is 2.73. The Labute approximate surface area is 59.9 Å². The number of rotatable bonds is 2. The third-order valence-corrected chi connectivity index (χ3v) is 1.81. The molecule has 1 rings (SSSR count). The standard InChI is InChI=1S/C7H11NO2/c1-2-8-5-3-4-6(8)7(9)10/h2,6H,1,3-5H2,(H,9,10). The molecule has 0 aromatic heterocycles. The lowest BCUT2D eigenvalue weighted by atomic mass is 10.2. The molecule has 0 aliphatic carbocycles. The fourth-order valence-electron chi connectivity index (χ4n) is 1.27. The van der Waals surface area contributed by atoms with Crippen LogP contribution in [-0.2, 0) is 4.79 Å². The van der Waals surface area contributed by atoms with E-state index in [0.717, 1.165) is 19.4 Å². The largest absolute Gasteiger partial charge is 0.480 e. The van der Waals surface area contributed by atoms with E-state index in [2.05, 4.69) is 6.58 Å². The van der Waals surface area contributed by atoms with Gasteiger partial charge in [-0.2, -0.15) is 0 Å². The topological polar surface area (TPSA) is 40.5 Å². The Balaban J connectivity index is 2.58. The van der Waals surface area contributed by atoms with E-state index in [1.165, 1.54) is 0 Å². The molecule has 0 aromatic rings. The molecule has 1 heterocycles. The van der Waals surface area contributed by atoms with Crippen molar-refractivity contribution in [3.63, 3.8) is 0 Å². The van der Waals surface area contributed by atoms with Crippen molar-refractivity contribution in [2.24, 2.45) is 0 Å². The molecule has 1 aliphatic rings. The van der Waals surface area contributed by atoms with E-state index in [1.54, 1.807) is 11.1 Å². The van der Waals surface area contributed by atoms with Gasteiger partial charge in [-0.1, -0.05) is 6.58 Å². The number of nitrogens with zero attached hydrogens (tertiary/aromatic N) is 1. The van der Waals surface area contributed by atoms with Gasteiger partial charge >= 0.3 is 5.97 Å². The minimum absolute atomic E-state index is 0.322. The van der Waals surface area contributed by atoms with Crippen molar-refractivity contribution < 1.29 is 9.90 Å². The Bertz CT molecular complexity index is 156. The van der Waals surface area contributed by atoms with Gasteiger partial charge in [-0.3, -0.25) is 0 Å². The second-order valence-corrected chi connectivity index (χ2v) is 2.42. The number of hydrogen-bond acceptors (Lipinski definition) is 2. The first-order valence-corrected chi connectivity index (χ1v) is 3.37. The SMILES string of the molecule is C=CN1CCCC1C(=O)O. The molecule has 0 amide bonds. The molecule has 0 saturated carbocycles. The Kier molecular flexibility index (Phi) is 1.94. The van der Waals surface area contributed by atoms with Crippen LogP contribution < -0.4 is 0 Å². The highest BCUT2D eigenvalue weighted by molar-refractivity contribution is 5.73. The first-order valence-electron chi connectivity index (χ1n) is 3.37. The van der Waals surface area contributed by atoms with Crippen LogP contribution in [0.4, 0.5) is 0 Å². The lowest BCUT2D eigenvalue weighted by Gasteiger charge is -2.17. The second-order valence-electron chi connectivity index (χ2n) is 2.42. The fourth-order valence-corrected chi connectivity index (χ4v) is 1.27. The van der Waals surface area contributed by atoms with E-state index in [0.29, 0.717) is 0 Å². The molecular formula is C7H11NO2. The van der Waals surface area contributed by atoms with Gasteiger partial charge in [-0.15, -0.1) is 0 Å². The first-order chi connectivity index (χ1) is 4.75. The van der Waals surface area contributed by atoms with Crippen molar-refractivity contribution in [3.05, 3.63) is 12.8 Å². The molecule has 0 spiro atoms. The molecule has 56 valence electrons. The summed E-state index contributed by atoms with van der Waals surface area (Å²) in [5, 5.41) is 8.63. The molecule has 1 aliphatic heterocycles. The van der Waals surface area contributed by atoms with Crippen LogP contribution >= 0.6 is 0 Å². The monoisotopic (exact) mass is 141 g/mol. The van der Waals surface area contributed by atoms with Crippen LogP contribution in [0, 0.1) is 0 Å². The van der Waals surface area contributed by atoms with Gasteiger partial charge in [0.05, 0.1) is 0 Å². The molecule has 0 aromatic carbocycles. The highest BCUT2D eigenvalue weighted by Gasteiger charge is 2.27. The van der Waals surface area contributed by atoms with Crippen molar-refractivity contribution in [3.8, 4) is 0 Å². The van der Waals surface area contributed by atoms with Crippen LogP contribution in [0.2, 0.25) is 0 Å². The highest BCUT2D eigenvalue weighted by Crippen LogP contribution is 2.16. The molecule has 0 bridgehead atoms. The van der Waals surface area contributed by atoms with E-state index in [4.69, 9.17) is 5.11 Å². The van der Waals surface area contributed by atoms with Crippen LogP contribution in [-0.4, -0.2) is 28.6 Å². The number of likely N-dealkylation sites (tertiary alicyclic amines) is 1. The predicted molar refractivity (Wildman–Crippen MR) is 37.6 cm³/mol. The Morgan fingerprint density at radius 2 is 2.50 bits per heavy atom. The van der Waals surface area contributed by atoms with Crippen LogP contribution in [0.3, 0.4) is 0 Å². The van der Waals surface area contributed by atoms with E-state index < -0.39 is 5.97 Å². The summed E-state index contributed by atoms with van der Waals surface area (Å²) in [6, 6.07) is -0.322. The average Bonchev–Trinajstić information content (AvgIpc) is 2.33. The molecule has 1 saturated heterocycles. The normalized spacial score (nSPS) is 24.8. The molecule has 10 heavy (non-hydrogen) atoms. The van der Waals surface area contributed by atoms with Gasteiger partial charge in [-0.05, 0) is 19.0 Å². The fraction of sp³-hybridized carbons (Fsp3) is 0.571. The van der Waals surface area contributed by atoms with Gasteiger partial charge in [0.2, 0.25) is 0 Å². The Morgan fingerprint density at radius 1 is 1.80 bits per heavy atom. The van der Waals surface area contributed by atoms with Crippen LogP contribution in [0.15, 0.2) is 12.8 Å². The summed E-state index contributed by atoms with van der Waals surface area (Å²) in [6.45, 7) is 4.37. The summed E-state index contributed by atoms with van der Waals surface area (Å²) in [4.78, 5) is 12.2. The van der Waals surface area contributed by atoms with Gasteiger partial charge < -0.3 is 10.0 Å². The van der Waals surface area contributed by atoms with Gasteiger partial charge in [0.1, 0.15) is 6.04 Å². The molecule has 1 N–H and O–H groups in total. The zero-order valence-electron chi connectivity index (χ0n) is 5.79. The molecule has 1 fully saturated rings. The highest BCUT2D eigenvalue weighted by atomic mass is 16.4. The maximum Gasteiger partial charge on any atom is 0.326 e. The van der Waals surface area contributed by atoms with E-state index in [9.17, 15) is 4.79 Å². The molecule has 1 unspecified atom stereocenters. The first kappa shape index (κ1) is 7.12. The Morgan fingerprint density at radius 3 is 2.90 bits per heavy atom. The number of hydrogen-bond donors (Lipinski definition) is 1. The van der Waals surface area contributed by atoms with Crippen molar-refractivity contribution in [2.45, 2.75) is 18.9 Å². The summed E-state index contributed by atoms with van der Waals surface area (Å²) < 4.78 is 0. The van der Waals surface area contributed by atoms with Crippen LogP contribution in [0.25, 0.3) is 0 Å². The average molecular weight is 141 g/mol. The van der Waals surface area contributed by atoms with Crippen LogP contribution in [0.5, 0.6) is 0 Å². The molecule has 3 heteroatoms. The maximum atomic E-state index is 10.5. The lowest BCUT2D eigenvalue weighted by molar-refractivity contribution is -0.141. The van der Waals surface area contributed by atoms with Gasteiger partial charge in [0, 0.05) is 6.54 Å². The zero-order chi connectivity index (χ0) is 7.56.